The number of aldehydes is 1. The van der Waals surface area contributed by atoms with Crippen LogP contribution in [-0.2, 0) is 9.59 Å². The maximum atomic E-state index is 13.9. The summed E-state index contributed by atoms with van der Waals surface area (Å²) in [4.78, 5) is 21.5. The lowest BCUT2D eigenvalue weighted by Crippen LogP contribution is -2.06. The molecular weight excluding hydrogens is 287 g/mol. The number of benzene rings is 1. The zero-order valence-corrected chi connectivity index (χ0v) is 11.3. The van der Waals surface area contributed by atoms with E-state index >= 15 is 0 Å². The highest BCUT2D eigenvalue weighted by Gasteiger charge is 2.17. The highest BCUT2D eigenvalue weighted by atomic mass is 32.1. The third kappa shape index (κ3) is 2.72. The number of esters is 1. The summed E-state index contributed by atoms with van der Waals surface area (Å²) in [6.07, 6.45) is 0.663. The summed E-state index contributed by atoms with van der Waals surface area (Å²) >= 11 is 1.05. The molecule has 20 heavy (non-hydrogen) atoms. The number of thiophene rings is 1. The number of rotatable bonds is 5. The molecule has 1 heterocycles. The molecule has 1 aromatic heterocycles. The molecule has 0 fully saturated rings. The summed E-state index contributed by atoms with van der Waals surface area (Å²) in [6, 6.07) is 2.79. The quantitative estimate of drug-likeness (QED) is 0.678. The van der Waals surface area contributed by atoms with Gasteiger partial charge in [0, 0.05) is 28.6 Å². The maximum absolute atomic E-state index is 13.9. The number of aromatic hydroxyl groups is 1. The number of hydrogen-bond donors (Lipinski definition) is 1. The molecule has 0 unspecified atom stereocenters. The molecule has 1 aromatic carbocycles. The lowest BCUT2D eigenvalue weighted by atomic mass is 10.2. The molecule has 0 aliphatic heterocycles. The topological polar surface area (TPSA) is 72.8 Å². The Morgan fingerprint density at radius 1 is 1.50 bits per heavy atom. The first kappa shape index (κ1) is 14.3. The lowest BCUT2D eigenvalue weighted by molar-refractivity contribution is -0.135. The van der Waals surface area contributed by atoms with E-state index in [-0.39, 0.29) is 29.0 Å². The molecular formula is C13H11FO5S. The summed E-state index contributed by atoms with van der Waals surface area (Å²) in [7, 11) is 1.31. The average molecular weight is 298 g/mol. The average Bonchev–Trinajstić information content (AvgIpc) is 2.83. The van der Waals surface area contributed by atoms with Gasteiger partial charge in [-0.15, -0.1) is 0 Å². The van der Waals surface area contributed by atoms with E-state index in [0.717, 1.165) is 11.3 Å². The van der Waals surface area contributed by atoms with Gasteiger partial charge in [0.1, 0.15) is 6.29 Å². The van der Waals surface area contributed by atoms with E-state index in [0.29, 0.717) is 11.0 Å². The first-order valence-electron chi connectivity index (χ1n) is 5.70. The van der Waals surface area contributed by atoms with Gasteiger partial charge in [-0.05, 0) is 0 Å². The first-order valence-corrected chi connectivity index (χ1v) is 6.51. The molecule has 2 rings (SSSR count). The van der Waals surface area contributed by atoms with Crippen LogP contribution in [0.4, 0.5) is 4.39 Å². The van der Waals surface area contributed by atoms with Crippen LogP contribution in [0.5, 0.6) is 16.6 Å². The molecule has 0 bridgehead atoms. The van der Waals surface area contributed by atoms with E-state index in [4.69, 9.17) is 9.47 Å². The monoisotopic (exact) mass is 298 g/mol. The molecule has 106 valence electrons. The summed E-state index contributed by atoms with van der Waals surface area (Å²) in [5.41, 5.74) is 0. The number of methoxy groups -OCH3 is 1. The van der Waals surface area contributed by atoms with Crippen LogP contribution in [0, 0.1) is 5.82 Å². The molecule has 0 aliphatic rings. The fraction of sp³-hybridized carbons (Fsp3) is 0.231. The Balaban J connectivity index is 2.31. The Morgan fingerprint density at radius 3 is 2.90 bits per heavy atom. The van der Waals surface area contributed by atoms with Crippen molar-refractivity contribution in [3.63, 3.8) is 0 Å². The highest BCUT2D eigenvalue weighted by molar-refractivity contribution is 7.20. The van der Waals surface area contributed by atoms with Crippen molar-refractivity contribution in [2.75, 3.05) is 7.11 Å². The minimum absolute atomic E-state index is 0.00989. The van der Waals surface area contributed by atoms with Gasteiger partial charge in [-0.25, -0.2) is 4.39 Å². The summed E-state index contributed by atoms with van der Waals surface area (Å²) < 4.78 is 24.2. The molecule has 0 spiro atoms. The van der Waals surface area contributed by atoms with E-state index in [1.54, 1.807) is 0 Å². The van der Waals surface area contributed by atoms with Crippen LogP contribution >= 0.6 is 11.3 Å². The van der Waals surface area contributed by atoms with E-state index in [1.807, 2.05) is 0 Å². The van der Waals surface area contributed by atoms with E-state index < -0.39 is 17.5 Å². The predicted octanol–water partition coefficient (Wildman–Crippen LogP) is 2.64. The SMILES string of the molecule is COc1cc2sc(OC(=O)CCC=O)cc2c(F)c1O. The summed E-state index contributed by atoms with van der Waals surface area (Å²) in [5, 5.41) is 9.90. The Bertz CT molecular complexity index is 664. The largest absolute Gasteiger partial charge is 0.502 e. The predicted molar refractivity (Wildman–Crippen MR) is 70.9 cm³/mol. The molecule has 0 radical (unpaired) electrons. The fourth-order valence-electron chi connectivity index (χ4n) is 1.63. The molecule has 1 N–H and O–H groups in total. The van der Waals surface area contributed by atoms with Gasteiger partial charge in [0.2, 0.25) is 0 Å². The van der Waals surface area contributed by atoms with Crippen LogP contribution in [0.25, 0.3) is 10.1 Å². The first-order chi connectivity index (χ1) is 9.56. The number of carbonyl (C=O) groups excluding carboxylic acids is 2. The molecule has 2 aromatic rings. The van der Waals surface area contributed by atoms with Gasteiger partial charge in [0.05, 0.1) is 13.5 Å². The summed E-state index contributed by atoms with van der Waals surface area (Å²) in [5.74, 6) is -1.97. The van der Waals surface area contributed by atoms with Gasteiger partial charge >= 0.3 is 5.97 Å². The zero-order chi connectivity index (χ0) is 14.7. The second kappa shape index (κ2) is 5.87. The van der Waals surface area contributed by atoms with E-state index in [9.17, 15) is 19.1 Å². The Hall–Kier alpha value is -2.15. The number of phenolic OH excluding ortho intramolecular Hbond substituents is 1. The van der Waals surface area contributed by atoms with Gasteiger partial charge in [-0.2, -0.15) is 0 Å². The van der Waals surface area contributed by atoms with E-state index in [2.05, 4.69) is 0 Å². The van der Waals surface area contributed by atoms with Crippen LogP contribution in [0.15, 0.2) is 12.1 Å². The van der Waals surface area contributed by atoms with Crippen LogP contribution in [0.1, 0.15) is 12.8 Å². The van der Waals surface area contributed by atoms with Crippen molar-refractivity contribution in [2.45, 2.75) is 12.8 Å². The maximum Gasteiger partial charge on any atom is 0.312 e. The molecule has 0 amide bonds. The van der Waals surface area contributed by atoms with Crippen molar-refractivity contribution < 1.29 is 28.6 Å². The second-order valence-corrected chi connectivity index (χ2v) is 4.94. The van der Waals surface area contributed by atoms with Gasteiger partial charge in [-0.1, -0.05) is 11.3 Å². The Kier molecular flexibility index (Phi) is 4.19. The number of halogens is 1. The lowest BCUT2D eigenvalue weighted by Gasteiger charge is -2.03. The fourth-order valence-corrected chi connectivity index (χ4v) is 2.58. The molecule has 0 atom stereocenters. The minimum Gasteiger partial charge on any atom is -0.502 e. The minimum atomic E-state index is -0.828. The number of carbonyl (C=O) groups is 2. The van der Waals surface area contributed by atoms with Crippen molar-refractivity contribution in [1.82, 2.24) is 0 Å². The third-order valence-corrected chi connectivity index (χ3v) is 3.54. The number of hydrogen-bond acceptors (Lipinski definition) is 6. The Morgan fingerprint density at radius 2 is 2.25 bits per heavy atom. The van der Waals surface area contributed by atoms with Crippen LogP contribution in [-0.4, -0.2) is 24.5 Å². The number of ether oxygens (including phenoxy) is 2. The zero-order valence-electron chi connectivity index (χ0n) is 10.5. The van der Waals surface area contributed by atoms with Crippen LogP contribution in [0.3, 0.4) is 0 Å². The number of fused-ring (bicyclic) bond motifs is 1. The van der Waals surface area contributed by atoms with Crippen molar-refractivity contribution in [2.24, 2.45) is 0 Å². The highest BCUT2D eigenvalue weighted by Crippen LogP contribution is 2.41. The normalized spacial score (nSPS) is 10.5. The second-order valence-electron chi connectivity index (χ2n) is 3.90. The van der Waals surface area contributed by atoms with Gasteiger partial charge < -0.3 is 19.4 Å². The molecule has 0 aliphatic carbocycles. The van der Waals surface area contributed by atoms with Crippen molar-refractivity contribution in [3.05, 3.63) is 17.9 Å². The molecule has 5 nitrogen and oxygen atoms in total. The Labute approximate surface area is 117 Å². The molecule has 0 saturated carbocycles. The number of phenols is 1. The van der Waals surface area contributed by atoms with Crippen molar-refractivity contribution in [1.29, 1.82) is 0 Å². The van der Waals surface area contributed by atoms with E-state index in [1.165, 1.54) is 19.2 Å². The smallest absolute Gasteiger partial charge is 0.312 e. The summed E-state index contributed by atoms with van der Waals surface area (Å²) in [6.45, 7) is 0. The standard InChI is InChI=1S/C13H11FO5S/c1-18-8-6-9-7(12(14)13(8)17)5-11(20-9)19-10(16)3-2-4-15/h4-6,17H,2-3H2,1H3. The molecule has 0 saturated heterocycles. The van der Waals surface area contributed by atoms with Gasteiger partial charge in [-0.3, -0.25) is 4.79 Å². The van der Waals surface area contributed by atoms with Crippen LogP contribution < -0.4 is 9.47 Å². The third-order valence-electron chi connectivity index (χ3n) is 2.58. The van der Waals surface area contributed by atoms with Gasteiger partial charge in [0.15, 0.2) is 22.4 Å². The van der Waals surface area contributed by atoms with Crippen LogP contribution in [0.2, 0.25) is 0 Å². The van der Waals surface area contributed by atoms with Crippen molar-refractivity contribution in [3.8, 4) is 16.6 Å². The van der Waals surface area contributed by atoms with Gasteiger partial charge in [0.25, 0.3) is 0 Å². The van der Waals surface area contributed by atoms with Crippen molar-refractivity contribution >= 4 is 33.7 Å². The molecule has 7 heteroatoms.